The fraction of sp³-hybridized carbons (Fsp3) is 0.0667. The van der Waals surface area contributed by atoms with Crippen LogP contribution in [0.3, 0.4) is 0 Å². The van der Waals surface area contributed by atoms with Crippen LogP contribution in [-0.4, -0.2) is 25.7 Å². The highest BCUT2D eigenvalue weighted by atomic mass is 35.5. The number of benzene rings is 1. The molecular formula is C15H12ClN5O. The smallest absolute Gasteiger partial charge is 0.274 e. The van der Waals surface area contributed by atoms with Crippen LogP contribution in [0.5, 0.6) is 0 Å². The highest BCUT2D eigenvalue weighted by Crippen LogP contribution is 2.21. The first kappa shape index (κ1) is 14.2. The lowest BCUT2D eigenvalue weighted by molar-refractivity contribution is 0.102. The molecule has 0 saturated heterocycles. The van der Waals surface area contributed by atoms with Gasteiger partial charge in [0.2, 0.25) is 0 Å². The van der Waals surface area contributed by atoms with E-state index in [0.29, 0.717) is 16.4 Å². The number of anilines is 1. The van der Waals surface area contributed by atoms with Crippen molar-refractivity contribution in [3.05, 3.63) is 59.8 Å². The lowest BCUT2D eigenvalue weighted by Gasteiger charge is -2.04. The van der Waals surface area contributed by atoms with Crippen molar-refractivity contribution in [3.63, 3.8) is 0 Å². The molecule has 0 unspecified atom stereocenters. The van der Waals surface area contributed by atoms with Crippen LogP contribution in [-0.2, 0) is 7.05 Å². The summed E-state index contributed by atoms with van der Waals surface area (Å²) in [5, 5.41) is 7.33. The standard InChI is InChI=1S/C15H12ClN5O/c1-21-8-12(7-19-21)20-15(22)14-6-13(17-9-18-14)10-3-2-4-11(16)5-10/h2-9H,1H3,(H,20,22). The molecule has 1 amide bonds. The van der Waals surface area contributed by atoms with Crippen molar-refractivity contribution in [1.82, 2.24) is 19.7 Å². The average Bonchev–Trinajstić information content (AvgIpc) is 2.92. The Morgan fingerprint density at radius 1 is 1.27 bits per heavy atom. The summed E-state index contributed by atoms with van der Waals surface area (Å²) in [6, 6.07) is 8.89. The third kappa shape index (κ3) is 3.12. The van der Waals surface area contributed by atoms with E-state index in [1.165, 1.54) is 6.33 Å². The Kier molecular flexibility index (Phi) is 3.84. The van der Waals surface area contributed by atoms with E-state index in [0.717, 1.165) is 5.56 Å². The van der Waals surface area contributed by atoms with Gasteiger partial charge in [-0.25, -0.2) is 9.97 Å². The number of halogens is 1. The quantitative estimate of drug-likeness (QED) is 0.807. The zero-order chi connectivity index (χ0) is 15.5. The van der Waals surface area contributed by atoms with Crippen LogP contribution in [0.4, 0.5) is 5.69 Å². The summed E-state index contributed by atoms with van der Waals surface area (Å²) >= 11 is 5.97. The highest BCUT2D eigenvalue weighted by Gasteiger charge is 2.11. The number of amides is 1. The maximum absolute atomic E-state index is 12.2. The van der Waals surface area contributed by atoms with Crippen LogP contribution in [0.1, 0.15) is 10.5 Å². The van der Waals surface area contributed by atoms with Gasteiger partial charge in [-0.15, -0.1) is 0 Å². The lowest BCUT2D eigenvalue weighted by atomic mass is 10.1. The zero-order valence-electron chi connectivity index (χ0n) is 11.7. The van der Waals surface area contributed by atoms with Gasteiger partial charge in [-0.1, -0.05) is 23.7 Å². The number of hydrogen-bond donors (Lipinski definition) is 1. The molecule has 3 aromatic rings. The van der Waals surface area contributed by atoms with Gasteiger partial charge in [0.05, 0.1) is 17.6 Å². The van der Waals surface area contributed by atoms with E-state index in [4.69, 9.17) is 11.6 Å². The van der Waals surface area contributed by atoms with Crippen LogP contribution in [0.2, 0.25) is 5.02 Å². The minimum atomic E-state index is -0.321. The van der Waals surface area contributed by atoms with E-state index in [9.17, 15) is 4.79 Å². The predicted molar refractivity (Wildman–Crippen MR) is 83.6 cm³/mol. The molecule has 7 heteroatoms. The monoisotopic (exact) mass is 313 g/mol. The molecule has 22 heavy (non-hydrogen) atoms. The molecule has 1 aromatic carbocycles. The predicted octanol–water partition coefficient (Wildman–Crippen LogP) is 2.78. The van der Waals surface area contributed by atoms with Crippen molar-refractivity contribution < 1.29 is 4.79 Å². The molecule has 1 N–H and O–H groups in total. The summed E-state index contributed by atoms with van der Waals surface area (Å²) in [6.07, 6.45) is 4.63. The van der Waals surface area contributed by atoms with Gasteiger partial charge >= 0.3 is 0 Å². The third-order valence-corrected chi connectivity index (χ3v) is 3.22. The van der Waals surface area contributed by atoms with Gasteiger partial charge in [-0.05, 0) is 18.2 Å². The summed E-state index contributed by atoms with van der Waals surface area (Å²) in [6.45, 7) is 0. The number of rotatable bonds is 3. The average molecular weight is 314 g/mol. The van der Waals surface area contributed by atoms with Crippen molar-refractivity contribution >= 4 is 23.2 Å². The second-order valence-electron chi connectivity index (χ2n) is 4.66. The Labute approximate surface area is 131 Å². The van der Waals surface area contributed by atoms with Gasteiger partial charge in [0.25, 0.3) is 5.91 Å². The van der Waals surface area contributed by atoms with Crippen molar-refractivity contribution in [2.24, 2.45) is 7.05 Å². The number of hydrogen-bond acceptors (Lipinski definition) is 4. The van der Waals surface area contributed by atoms with Gasteiger partial charge in [0.1, 0.15) is 12.0 Å². The molecule has 0 aliphatic carbocycles. The molecule has 0 aliphatic rings. The number of aryl methyl sites for hydroxylation is 1. The summed E-state index contributed by atoms with van der Waals surface area (Å²) in [7, 11) is 1.78. The van der Waals surface area contributed by atoms with Gasteiger partial charge in [0.15, 0.2) is 0 Å². The Balaban J connectivity index is 1.86. The summed E-state index contributed by atoms with van der Waals surface area (Å²) < 4.78 is 1.60. The fourth-order valence-electron chi connectivity index (χ4n) is 1.97. The van der Waals surface area contributed by atoms with Gasteiger partial charge < -0.3 is 5.32 Å². The number of nitrogens with zero attached hydrogens (tertiary/aromatic N) is 4. The van der Waals surface area contributed by atoms with Crippen molar-refractivity contribution in [2.45, 2.75) is 0 Å². The lowest BCUT2D eigenvalue weighted by Crippen LogP contribution is -2.13. The Hall–Kier alpha value is -2.73. The number of nitrogens with one attached hydrogen (secondary N) is 1. The minimum absolute atomic E-state index is 0.272. The van der Waals surface area contributed by atoms with Crippen molar-refractivity contribution in [3.8, 4) is 11.3 Å². The SMILES string of the molecule is Cn1cc(NC(=O)c2cc(-c3cccc(Cl)c3)ncn2)cn1. The molecule has 3 rings (SSSR count). The van der Waals surface area contributed by atoms with E-state index in [1.807, 2.05) is 12.1 Å². The van der Waals surface area contributed by atoms with Crippen LogP contribution >= 0.6 is 11.6 Å². The van der Waals surface area contributed by atoms with Crippen molar-refractivity contribution in [1.29, 1.82) is 0 Å². The molecule has 0 radical (unpaired) electrons. The van der Waals surface area contributed by atoms with Gasteiger partial charge in [0, 0.05) is 23.8 Å². The maximum Gasteiger partial charge on any atom is 0.274 e. The molecular weight excluding hydrogens is 302 g/mol. The summed E-state index contributed by atoms with van der Waals surface area (Å²) in [5.74, 6) is -0.321. The Bertz CT molecular complexity index is 830. The van der Waals surface area contributed by atoms with E-state index >= 15 is 0 Å². The highest BCUT2D eigenvalue weighted by molar-refractivity contribution is 6.30. The number of aromatic nitrogens is 4. The van der Waals surface area contributed by atoms with Crippen molar-refractivity contribution in [2.75, 3.05) is 5.32 Å². The number of carbonyl (C=O) groups excluding carboxylic acids is 1. The molecule has 0 fully saturated rings. The normalized spacial score (nSPS) is 10.5. The zero-order valence-corrected chi connectivity index (χ0v) is 12.4. The third-order valence-electron chi connectivity index (χ3n) is 2.98. The second kappa shape index (κ2) is 5.95. The van der Waals surface area contributed by atoms with Crippen LogP contribution < -0.4 is 5.32 Å². The van der Waals surface area contributed by atoms with Crippen LogP contribution in [0.25, 0.3) is 11.3 Å². The van der Waals surface area contributed by atoms with Gasteiger partial charge in [-0.3, -0.25) is 9.48 Å². The molecule has 2 aromatic heterocycles. The topological polar surface area (TPSA) is 72.7 Å². The first-order chi connectivity index (χ1) is 10.6. The van der Waals surface area contributed by atoms with E-state index < -0.39 is 0 Å². The molecule has 2 heterocycles. The van der Waals surface area contributed by atoms with Crippen LogP contribution in [0.15, 0.2) is 49.1 Å². The molecule has 0 aliphatic heterocycles. The summed E-state index contributed by atoms with van der Waals surface area (Å²) in [4.78, 5) is 20.4. The fourth-order valence-corrected chi connectivity index (χ4v) is 2.16. The molecule has 0 spiro atoms. The number of carbonyl (C=O) groups is 1. The van der Waals surface area contributed by atoms with Crippen LogP contribution in [0, 0.1) is 0 Å². The van der Waals surface area contributed by atoms with Gasteiger partial charge in [-0.2, -0.15) is 5.10 Å². The molecule has 0 bridgehead atoms. The first-order valence-corrected chi connectivity index (χ1v) is 6.87. The van der Waals surface area contributed by atoms with E-state index in [2.05, 4.69) is 20.4 Å². The second-order valence-corrected chi connectivity index (χ2v) is 5.09. The molecule has 110 valence electrons. The van der Waals surface area contributed by atoms with E-state index in [-0.39, 0.29) is 11.6 Å². The van der Waals surface area contributed by atoms with E-state index in [1.54, 1.807) is 42.3 Å². The Morgan fingerprint density at radius 2 is 2.14 bits per heavy atom. The molecule has 0 saturated carbocycles. The molecule has 0 atom stereocenters. The minimum Gasteiger partial charge on any atom is -0.318 e. The first-order valence-electron chi connectivity index (χ1n) is 6.50. The summed E-state index contributed by atoms with van der Waals surface area (Å²) in [5.41, 5.74) is 2.34. The molecule has 6 nitrogen and oxygen atoms in total. The Morgan fingerprint density at radius 3 is 2.86 bits per heavy atom. The largest absolute Gasteiger partial charge is 0.318 e. The maximum atomic E-state index is 12.2.